The number of hydrogen-bond acceptors (Lipinski definition) is 0. The Morgan fingerprint density at radius 2 is 1.20 bits per heavy atom. The summed E-state index contributed by atoms with van der Waals surface area (Å²) in [6.45, 7) is 0. The molecule has 6 aromatic carbocycles. The Balaban J connectivity index is 1.31. The lowest BCUT2D eigenvalue weighted by Crippen LogP contribution is -2.25. The van der Waals surface area contributed by atoms with E-state index in [0.717, 1.165) is 24.0 Å². The first-order valence-corrected chi connectivity index (χ1v) is 17.6. The van der Waals surface area contributed by atoms with Gasteiger partial charge in [0.25, 0.3) is 0 Å². The first-order valence-electron chi connectivity index (χ1n) is 17.6. The van der Waals surface area contributed by atoms with Crippen LogP contribution in [0.2, 0.25) is 0 Å². The van der Waals surface area contributed by atoms with Crippen molar-refractivity contribution >= 4 is 28.1 Å². The van der Waals surface area contributed by atoms with Crippen LogP contribution in [-0.2, 0) is 11.8 Å². The second-order valence-corrected chi connectivity index (χ2v) is 13.7. The molecule has 7 aromatic rings. The van der Waals surface area contributed by atoms with Crippen molar-refractivity contribution in [2.45, 2.75) is 18.3 Å². The quantitative estimate of drug-likeness (QED) is 0.171. The average Bonchev–Trinajstić information content (AvgIpc) is 3.80. The van der Waals surface area contributed by atoms with Crippen LogP contribution in [-0.4, -0.2) is 4.57 Å². The minimum Gasteiger partial charge on any atom is -0.312 e. The molecule has 0 atom stereocenters. The molecular weight excluding hydrogens is 603 g/mol. The van der Waals surface area contributed by atoms with E-state index < -0.39 is 5.41 Å². The molecule has 0 amide bonds. The van der Waals surface area contributed by atoms with E-state index in [2.05, 4.69) is 174 Å². The lowest BCUT2D eigenvalue weighted by molar-refractivity contribution is 0.794. The lowest BCUT2D eigenvalue weighted by atomic mass is 9.70. The molecule has 0 aliphatic heterocycles. The van der Waals surface area contributed by atoms with Crippen molar-refractivity contribution in [3.8, 4) is 27.9 Å². The summed E-state index contributed by atoms with van der Waals surface area (Å²) in [4.78, 5) is 0. The van der Waals surface area contributed by atoms with Gasteiger partial charge in [-0.25, -0.2) is 0 Å². The van der Waals surface area contributed by atoms with E-state index in [9.17, 15) is 0 Å². The second-order valence-electron chi connectivity index (χ2n) is 13.7. The molecule has 0 radical (unpaired) electrons. The van der Waals surface area contributed by atoms with Crippen molar-refractivity contribution in [3.05, 3.63) is 214 Å². The summed E-state index contributed by atoms with van der Waals surface area (Å²) < 4.78 is 2.61. The molecule has 1 nitrogen and oxygen atoms in total. The molecule has 0 N–H and O–H groups in total. The fourth-order valence-corrected chi connectivity index (χ4v) is 9.49. The van der Waals surface area contributed by atoms with E-state index in [1.165, 1.54) is 83.5 Å². The molecule has 0 bridgehead atoms. The summed E-state index contributed by atoms with van der Waals surface area (Å²) >= 11 is 0. The van der Waals surface area contributed by atoms with Gasteiger partial charge in [0.05, 0.1) is 16.6 Å². The zero-order valence-electron chi connectivity index (χ0n) is 27.4. The van der Waals surface area contributed by atoms with Gasteiger partial charge in [-0.15, -0.1) is 0 Å². The van der Waals surface area contributed by atoms with Crippen LogP contribution in [0.4, 0.5) is 0 Å². The summed E-state index contributed by atoms with van der Waals surface area (Å²) in [6, 6.07) is 52.0. The number of hydrogen-bond donors (Lipinski definition) is 0. The Hall–Kier alpha value is -6.36. The molecule has 50 heavy (non-hydrogen) atoms. The molecule has 4 aliphatic carbocycles. The smallest absolute Gasteiger partial charge is 0.0726 e. The van der Waals surface area contributed by atoms with Gasteiger partial charge in [-0.3, -0.25) is 0 Å². The third kappa shape index (κ3) is 3.53. The van der Waals surface area contributed by atoms with E-state index in [1.54, 1.807) is 0 Å². The number of allylic oxidation sites excluding steroid dienone is 5. The molecule has 4 aliphatic rings. The van der Waals surface area contributed by atoms with E-state index in [1.807, 2.05) is 6.08 Å². The van der Waals surface area contributed by atoms with E-state index in [0.29, 0.717) is 0 Å². The molecular formula is C49H31N. The van der Waals surface area contributed by atoms with Crippen molar-refractivity contribution in [2.75, 3.05) is 0 Å². The Kier molecular flexibility index (Phi) is 5.69. The van der Waals surface area contributed by atoms with Crippen LogP contribution in [0.15, 0.2) is 169 Å². The number of rotatable bonds is 3. The van der Waals surface area contributed by atoms with Crippen molar-refractivity contribution in [1.82, 2.24) is 4.57 Å². The predicted octanol–water partition coefficient (Wildman–Crippen LogP) is 11.7. The third-order valence-electron chi connectivity index (χ3n) is 11.4. The highest BCUT2D eigenvalue weighted by molar-refractivity contribution is 6.10. The zero-order valence-corrected chi connectivity index (χ0v) is 27.4. The Morgan fingerprint density at radius 1 is 0.560 bits per heavy atom. The van der Waals surface area contributed by atoms with Crippen LogP contribution in [0.3, 0.4) is 0 Å². The van der Waals surface area contributed by atoms with Crippen molar-refractivity contribution < 1.29 is 0 Å². The predicted molar refractivity (Wildman–Crippen MR) is 206 cm³/mol. The number of aromatic nitrogens is 1. The first-order chi connectivity index (χ1) is 24.8. The van der Waals surface area contributed by atoms with Gasteiger partial charge in [0.2, 0.25) is 0 Å². The van der Waals surface area contributed by atoms with Gasteiger partial charge in [0, 0.05) is 33.3 Å². The summed E-state index contributed by atoms with van der Waals surface area (Å²) in [6.07, 6.45) is 10.6. The highest BCUT2D eigenvalue weighted by Crippen LogP contribution is 2.64. The van der Waals surface area contributed by atoms with E-state index in [-0.39, 0.29) is 0 Å². The molecule has 11 rings (SSSR count). The van der Waals surface area contributed by atoms with Gasteiger partial charge in [-0.1, -0.05) is 151 Å². The van der Waals surface area contributed by atoms with Crippen LogP contribution in [0.25, 0.3) is 56.1 Å². The normalized spacial score (nSPS) is 15.4. The van der Waals surface area contributed by atoms with Gasteiger partial charge in [-0.2, -0.15) is 0 Å². The van der Waals surface area contributed by atoms with Crippen LogP contribution >= 0.6 is 0 Å². The summed E-state index contributed by atoms with van der Waals surface area (Å²) in [5.41, 5.74) is 27.1. The molecule has 1 aromatic heterocycles. The number of fused-ring (bicyclic) bond motifs is 14. The minimum absolute atomic E-state index is 0.393. The molecule has 232 valence electrons. The van der Waals surface area contributed by atoms with Crippen LogP contribution in [0, 0.1) is 0 Å². The standard InChI is InChI=1S/C49H31N/c1-3-15-32(16-4-1)34-27-30-46-40(31-34)38-28-29-44-47(48(38)50(46)45-26-14-10-19-35(45)33-17-5-2-6-18-33)39-22-9-13-25-43(39)49(44)41-23-11-7-20-36(41)37-21-8-12-24-42(37)49/h1-5,7-17,19-26,28-29,31H,27,30H2. The summed E-state index contributed by atoms with van der Waals surface area (Å²) in [5.74, 6) is 0. The maximum absolute atomic E-state index is 3.42. The third-order valence-corrected chi connectivity index (χ3v) is 11.4. The maximum Gasteiger partial charge on any atom is 0.0726 e. The van der Waals surface area contributed by atoms with E-state index in [4.69, 9.17) is 0 Å². The fraction of sp³-hybridized carbons (Fsp3) is 0.0612. The van der Waals surface area contributed by atoms with Crippen molar-refractivity contribution in [2.24, 2.45) is 0 Å². The monoisotopic (exact) mass is 633 g/mol. The summed E-state index contributed by atoms with van der Waals surface area (Å²) in [5, 5.41) is 1.30. The highest BCUT2D eigenvalue weighted by Gasteiger charge is 2.52. The molecule has 0 saturated heterocycles. The topological polar surface area (TPSA) is 4.93 Å². The lowest BCUT2D eigenvalue weighted by Gasteiger charge is -2.30. The zero-order chi connectivity index (χ0) is 32.8. The van der Waals surface area contributed by atoms with Crippen LogP contribution in [0.1, 0.15) is 51.1 Å². The van der Waals surface area contributed by atoms with Gasteiger partial charge >= 0.3 is 0 Å². The Labute approximate surface area is 291 Å². The van der Waals surface area contributed by atoms with Crippen molar-refractivity contribution in [3.63, 3.8) is 0 Å². The SMILES string of the molecule is C1=C=C(c2ccccc2-n2c3c(c4ccc5c(c42)-c2ccccc2C52c4ccccc4-c4ccccc42)C=C(c2ccccc2)CC3)C=CC=1. The summed E-state index contributed by atoms with van der Waals surface area (Å²) in [7, 11) is 0. The maximum atomic E-state index is 3.42. The average molecular weight is 634 g/mol. The minimum atomic E-state index is -0.393. The second kappa shape index (κ2) is 10.3. The van der Waals surface area contributed by atoms with Gasteiger partial charge in [0.1, 0.15) is 0 Å². The molecule has 1 heterocycles. The van der Waals surface area contributed by atoms with Crippen molar-refractivity contribution in [1.29, 1.82) is 0 Å². The van der Waals surface area contributed by atoms with Crippen LogP contribution in [0.5, 0.6) is 0 Å². The number of benzene rings is 6. The number of nitrogens with zero attached hydrogens (tertiary/aromatic N) is 1. The fourth-order valence-electron chi connectivity index (χ4n) is 9.49. The number of para-hydroxylation sites is 1. The van der Waals surface area contributed by atoms with Gasteiger partial charge in [0.15, 0.2) is 0 Å². The molecule has 1 heteroatoms. The molecule has 0 unspecified atom stereocenters. The van der Waals surface area contributed by atoms with Gasteiger partial charge in [-0.05, 0) is 87.2 Å². The molecule has 1 spiro atoms. The highest BCUT2D eigenvalue weighted by atomic mass is 15.0. The Morgan fingerprint density at radius 3 is 1.92 bits per heavy atom. The Bertz CT molecular complexity index is 2720. The first kappa shape index (κ1) is 27.6. The van der Waals surface area contributed by atoms with Gasteiger partial charge < -0.3 is 4.57 Å². The molecule has 0 saturated carbocycles. The molecule has 0 fully saturated rings. The van der Waals surface area contributed by atoms with E-state index >= 15 is 0 Å². The largest absolute Gasteiger partial charge is 0.312 e. The van der Waals surface area contributed by atoms with Crippen LogP contribution < -0.4 is 0 Å².